The van der Waals surface area contributed by atoms with E-state index < -0.39 is 18.1 Å². The Labute approximate surface area is 88.5 Å². The zero-order valence-electron chi connectivity index (χ0n) is 8.93. The minimum absolute atomic E-state index is 0.161. The van der Waals surface area contributed by atoms with Crippen molar-refractivity contribution in [3.05, 3.63) is 0 Å². The largest absolute Gasteiger partial charge is 0.480 e. The lowest BCUT2D eigenvalue weighted by Crippen LogP contribution is -2.49. The minimum Gasteiger partial charge on any atom is -0.480 e. The van der Waals surface area contributed by atoms with Crippen molar-refractivity contribution < 1.29 is 19.8 Å². The molecule has 1 amide bonds. The van der Waals surface area contributed by atoms with Crippen LogP contribution in [0.5, 0.6) is 0 Å². The molecule has 3 atom stereocenters. The number of nitrogens with one attached hydrogen (secondary N) is 1. The summed E-state index contributed by atoms with van der Waals surface area (Å²) in [5.41, 5.74) is 0. The van der Waals surface area contributed by atoms with Crippen LogP contribution in [0.4, 0.5) is 0 Å². The average Bonchev–Trinajstić information content (AvgIpc) is 2.94. The standard InChI is InChI=1S/C10H17NO4/c1-5(7-3-4-7)9(13)11-8(6(2)12)10(14)15/h5-8,12H,3-4H2,1-2H3,(H,11,13)(H,14,15). The molecule has 5 heteroatoms. The molecule has 0 aromatic heterocycles. The van der Waals surface area contributed by atoms with E-state index in [1.165, 1.54) is 6.92 Å². The molecule has 1 aliphatic carbocycles. The molecule has 1 rings (SSSR count). The number of carbonyl (C=O) groups is 2. The van der Waals surface area contributed by atoms with Crippen LogP contribution in [0.2, 0.25) is 0 Å². The predicted molar refractivity (Wildman–Crippen MR) is 53.1 cm³/mol. The third-order valence-corrected chi connectivity index (χ3v) is 2.79. The summed E-state index contributed by atoms with van der Waals surface area (Å²) in [7, 11) is 0. The maximum Gasteiger partial charge on any atom is 0.328 e. The molecule has 86 valence electrons. The van der Waals surface area contributed by atoms with Gasteiger partial charge < -0.3 is 15.5 Å². The summed E-state index contributed by atoms with van der Waals surface area (Å²) in [5, 5.41) is 20.3. The van der Waals surface area contributed by atoms with E-state index in [2.05, 4.69) is 5.32 Å². The van der Waals surface area contributed by atoms with E-state index >= 15 is 0 Å². The van der Waals surface area contributed by atoms with Gasteiger partial charge in [-0.2, -0.15) is 0 Å². The molecule has 5 nitrogen and oxygen atoms in total. The third kappa shape index (κ3) is 3.20. The van der Waals surface area contributed by atoms with Gasteiger partial charge >= 0.3 is 5.97 Å². The summed E-state index contributed by atoms with van der Waals surface area (Å²) in [5.74, 6) is -1.27. The Balaban J connectivity index is 2.49. The molecule has 1 saturated carbocycles. The second-order valence-corrected chi connectivity index (χ2v) is 4.19. The van der Waals surface area contributed by atoms with Crippen LogP contribution in [-0.4, -0.2) is 34.2 Å². The molecule has 3 unspecified atom stereocenters. The molecule has 0 aromatic rings. The zero-order valence-corrected chi connectivity index (χ0v) is 8.93. The van der Waals surface area contributed by atoms with Crippen molar-refractivity contribution >= 4 is 11.9 Å². The molecule has 3 N–H and O–H groups in total. The van der Waals surface area contributed by atoms with Gasteiger partial charge in [-0.3, -0.25) is 4.79 Å². The monoisotopic (exact) mass is 215 g/mol. The van der Waals surface area contributed by atoms with Gasteiger partial charge in [0.2, 0.25) is 5.91 Å². The molecule has 0 aliphatic heterocycles. The van der Waals surface area contributed by atoms with Crippen molar-refractivity contribution in [2.75, 3.05) is 0 Å². The maximum absolute atomic E-state index is 11.6. The van der Waals surface area contributed by atoms with E-state index in [0.29, 0.717) is 5.92 Å². The predicted octanol–water partition coefficient (Wildman–Crippen LogP) is -0.0173. The number of hydrogen-bond donors (Lipinski definition) is 3. The minimum atomic E-state index is -1.21. The summed E-state index contributed by atoms with van der Waals surface area (Å²) in [6.45, 7) is 3.13. The van der Waals surface area contributed by atoms with Gasteiger partial charge in [-0.1, -0.05) is 6.92 Å². The number of amides is 1. The number of aliphatic carboxylic acids is 1. The summed E-state index contributed by atoms with van der Waals surface area (Å²) < 4.78 is 0. The summed E-state index contributed by atoms with van der Waals surface area (Å²) in [6.07, 6.45) is 0.972. The van der Waals surface area contributed by atoms with Crippen molar-refractivity contribution in [1.82, 2.24) is 5.32 Å². The van der Waals surface area contributed by atoms with E-state index in [0.717, 1.165) is 12.8 Å². The Bertz CT molecular complexity index is 260. The van der Waals surface area contributed by atoms with Crippen LogP contribution in [0.3, 0.4) is 0 Å². The fourth-order valence-electron chi connectivity index (χ4n) is 1.48. The van der Waals surface area contributed by atoms with Crippen LogP contribution in [0.1, 0.15) is 26.7 Å². The number of rotatable bonds is 5. The first-order chi connectivity index (χ1) is 6.93. The lowest BCUT2D eigenvalue weighted by Gasteiger charge is -2.19. The molecule has 0 bridgehead atoms. The molecule has 0 aromatic carbocycles. The maximum atomic E-state index is 11.6. The van der Waals surface area contributed by atoms with E-state index in [4.69, 9.17) is 5.11 Å². The highest BCUT2D eigenvalue weighted by Gasteiger charge is 2.35. The second kappa shape index (κ2) is 4.61. The topological polar surface area (TPSA) is 86.6 Å². The van der Waals surface area contributed by atoms with Crippen LogP contribution < -0.4 is 5.32 Å². The van der Waals surface area contributed by atoms with Crippen molar-refractivity contribution in [3.63, 3.8) is 0 Å². The SMILES string of the molecule is CC(O)C(NC(=O)C(C)C1CC1)C(=O)O. The van der Waals surface area contributed by atoms with Gasteiger partial charge in [0, 0.05) is 5.92 Å². The quantitative estimate of drug-likeness (QED) is 0.601. The molecule has 0 radical (unpaired) electrons. The lowest BCUT2D eigenvalue weighted by atomic mass is 10.0. The molecular formula is C10H17NO4. The molecule has 0 spiro atoms. The average molecular weight is 215 g/mol. The summed E-state index contributed by atoms with van der Waals surface area (Å²) in [4.78, 5) is 22.3. The van der Waals surface area contributed by atoms with Crippen molar-refractivity contribution in [2.45, 2.75) is 38.8 Å². The summed E-state index contributed by atoms with van der Waals surface area (Å²) >= 11 is 0. The second-order valence-electron chi connectivity index (χ2n) is 4.19. The van der Waals surface area contributed by atoms with Gasteiger partial charge in [0.15, 0.2) is 6.04 Å². The zero-order chi connectivity index (χ0) is 11.6. The first kappa shape index (κ1) is 12.0. The Morgan fingerprint density at radius 2 is 1.87 bits per heavy atom. The molecule has 1 aliphatic rings. The van der Waals surface area contributed by atoms with Crippen LogP contribution >= 0.6 is 0 Å². The van der Waals surface area contributed by atoms with E-state index in [1.807, 2.05) is 0 Å². The van der Waals surface area contributed by atoms with E-state index in [9.17, 15) is 14.7 Å². The normalized spacial score (nSPS) is 21.5. The highest BCUT2D eigenvalue weighted by molar-refractivity contribution is 5.85. The van der Waals surface area contributed by atoms with Crippen LogP contribution in [0, 0.1) is 11.8 Å². The van der Waals surface area contributed by atoms with Crippen molar-refractivity contribution in [3.8, 4) is 0 Å². The van der Waals surface area contributed by atoms with Gasteiger partial charge in [-0.05, 0) is 25.7 Å². The van der Waals surface area contributed by atoms with Crippen LogP contribution in [0.25, 0.3) is 0 Å². The van der Waals surface area contributed by atoms with Gasteiger partial charge in [0.25, 0.3) is 0 Å². The highest BCUT2D eigenvalue weighted by atomic mass is 16.4. The number of aliphatic hydroxyl groups excluding tert-OH is 1. The first-order valence-electron chi connectivity index (χ1n) is 5.14. The Morgan fingerprint density at radius 1 is 1.33 bits per heavy atom. The number of carboxylic acid groups (broad SMARTS) is 1. The van der Waals surface area contributed by atoms with E-state index in [-0.39, 0.29) is 11.8 Å². The van der Waals surface area contributed by atoms with Gasteiger partial charge in [0.05, 0.1) is 6.10 Å². The first-order valence-corrected chi connectivity index (χ1v) is 5.14. The molecule has 0 heterocycles. The van der Waals surface area contributed by atoms with Gasteiger partial charge in [-0.25, -0.2) is 4.79 Å². The lowest BCUT2D eigenvalue weighted by molar-refractivity contribution is -0.145. The molecule has 15 heavy (non-hydrogen) atoms. The number of aliphatic hydroxyl groups is 1. The molecular weight excluding hydrogens is 198 g/mol. The van der Waals surface area contributed by atoms with Crippen LogP contribution in [0.15, 0.2) is 0 Å². The summed E-state index contributed by atoms with van der Waals surface area (Å²) in [6, 6.07) is -1.21. The van der Waals surface area contributed by atoms with E-state index in [1.54, 1.807) is 6.92 Å². The van der Waals surface area contributed by atoms with Crippen molar-refractivity contribution in [1.29, 1.82) is 0 Å². The fraction of sp³-hybridized carbons (Fsp3) is 0.800. The van der Waals surface area contributed by atoms with Crippen LogP contribution in [-0.2, 0) is 9.59 Å². The Hall–Kier alpha value is -1.10. The smallest absolute Gasteiger partial charge is 0.328 e. The Kier molecular flexibility index (Phi) is 3.68. The van der Waals surface area contributed by atoms with Gasteiger partial charge in [0.1, 0.15) is 0 Å². The fourth-order valence-corrected chi connectivity index (χ4v) is 1.48. The van der Waals surface area contributed by atoms with Gasteiger partial charge in [-0.15, -0.1) is 0 Å². The molecule has 1 fully saturated rings. The molecule has 0 saturated heterocycles. The third-order valence-electron chi connectivity index (χ3n) is 2.79. The highest BCUT2D eigenvalue weighted by Crippen LogP contribution is 2.36. The number of carbonyl (C=O) groups excluding carboxylic acids is 1. The van der Waals surface area contributed by atoms with Crippen molar-refractivity contribution in [2.24, 2.45) is 11.8 Å². The Morgan fingerprint density at radius 3 is 2.20 bits per heavy atom. The number of carboxylic acids is 1. The number of hydrogen-bond acceptors (Lipinski definition) is 3.